The molecule has 1 heterocycles. The molecule has 3 rings (SSSR count). The first-order valence-electron chi connectivity index (χ1n) is 7.37. The van der Waals surface area contributed by atoms with Crippen LogP contribution in [0.3, 0.4) is 0 Å². The van der Waals surface area contributed by atoms with Crippen LogP contribution >= 0.6 is 0 Å². The lowest BCUT2D eigenvalue weighted by Crippen LogP contribution is -2.42. The van der Waals surface area contributed by atoms with Crippen LogP contribution in [0, 0.1) is 0 Å². The van der Waals surface area contributed by atoms with Crippen molar-refractivity contribution in [3.8, 4) is 5.75 Å². The number of phenols is 1. The van der Waals surface area contributed by atoms with E-state index in [4.69, 9.17) is 0 Å². The van der Waals surface area contributed by atoms with Crippen LogP contribution in [0.1, 0.15) is 43.2 Å². The lowest BCUT2D eigenvalue weighted by atomic mass is 10.0. The highest BCUT2D eigenvalue weighted by molar-refractivity contribution is 7.89. The molecular weight excluding hydrogens is 274 g/mol. The van der Waals surface area contributed by atoms with Gasteiger partial charge in [0.25, 0.3) is 0 Å². The van der Waals surface area contributed by atoms with Gasteiger partial charge in [0, 0.05) is 13.1 Å². The number of benzene rings is 1. The Bertz CT molecular complexity index is 591. The zero-order valence-corrected chi connectivity index (χ0v) is 12.4. The highest BCUT2D eigenvalue weighted by Gasteiger charge is 2.34. The fourth-order valence-corrected chi connectivity index (χ4v) is 5.32. The van der Waals surface area contributed by atoms with Gasteiger partial charge in [0.15, 0.2) is 0 Å². The molecule has 0 atom stereocenters. The number of aromatic hydroxyl groups is 1. The van der Waals surface area contributed by atoms with E-state index in [0.29, 0.717) is 13.1 Å². The summed E-state index contributed by atoms with van der Waals surface area (Å²) in [5.74, 6) is 0.209. The minimum Gasteiger partial charge on any atom is -0.508 e. The molecule has 1 aliphatic heterocycles. The van der Waals surface area contributed by atoms with Gasteiger partial charge in [0.2, 0.25) is 10.0 Å². The number of rotatable bonds is 2. The molecule has 4 nitrogen and oxygen atoms in total. The van der Waals surface area contributed by atoms with E-state index in [2.05, 4.69) is 0 Å². The summed E-state index contributed by atoms with van der Waals surface area (Å²) in [6, 6.07) is 5.26. The van der Waals surface area contributed by atoms with Gasteiger partial charge in [-0.15, -0.1) is 0 Å². The summed E-state index contributed by atoms with van der Waals surface area (Å²) in [5, 5.41) is 9.36. The van der Waals surface area contributed by atoms with E-state index in [1.54, 1.807) is 16.4 Å². The summed E-state index contributed by atoms with van der Waals surface area (Å²) in [6.07, 6.45) is 5.53. The Balaban J connectivity index is 1.82. The Labute approximate surface area is 120 Å². The first-order chi connectivity index (χ1) is 9.57. The van der Waals surface area contributed by atoms with Crippen LogP contribution in [-0.2, 0) is 23.0 Å². The Hall–Kier alpha value is -1.07. The number of hydrogen-bond acceptors (Lipinski definition) is 3. The molecule has 5 heteroatoms. The zero-order valence-electron chi connectivity index (χ0n) is 11.6. The lowest BCUT2D eigenvalue weighted by molar-refractivity contribution is 0.369. The van der Waals surface area contributed by atoms with Gasteiger partial charge in [0.05, 0.1) is 5.25 Å². The van der Waals surface area contributed by atoms with E-state index in [1.165, 1.54) is 0 Å². The summed E-state index contributed by atoms with van der Waals surface area (Å²) in [6.45, 7) is 0.971. The van der Waals surface area contributed by atoms with Gasteiger partial charge in [-0.1, -0.05) is 25.3 Å². The first-order valence-corrected chi connectivity index (χ1v) is 8.87. The predicted molar refractivity (Wildman–Crippen MR) is 78.0 cm³/mol. The summed E-state index contributed by atoms with van der Waals surface area (Å²) < 4.78 is 27.0. The largest absolute Gasteiger partial charge is 0.508 e. The normalized spacial score (nSPS) is 21.6. The number of hydrogen-bond donors (Lipinski definition) is 1. The summed E-state index contributed by atoms with van der Waals surface area (Å²) >= 11 is 0. The number of phenolic OH excluding ortho intramolecular Hbond substituents is 1. The van der Waals surface area contributed by atoms with Crippen LogP contribution in [-0.4, -0.2) is 29.6 Å². The molecule has 1 aliphatic carbocycles. The highest BCUT2D eigenvalue weighted by atomic mass is 32.2. The van der Waals surface area contributed by atoms with E-state index in [-0.39, 0.29) is 11.0 Å². The van der Waals surface area contributed by atoms with Crippen LogP contribution in [0.25, 0.3) is 0 Å². The molecule has 1 fully saturated rings. The van der Waals surface area contributed by atoms with Crippen LogP contribution in [0.4, 0.5) is 0 Å². The molecular formula is C15H21NO3S. The maximum absolute atomic E-state index is 12.7. The third-order valence-electron chi connectivity index (χ3n) is 4.50. The Morgan fingerprint density at radius 1 is 1.10 bits per heavy atom. The molecule has 0 amide bonds. The quantitative estimate of drug-likeness (QED) is 0.911. The number of sulfonamides is 1. The summed E-state index contributed by atoms with van der Waals surface area (Å²) in [7, 11) is -3.19. The molecule has 1 aromatic carbocycles. The van der Waals surface area contributed by atoms with Crippen molar-refractivity contribution in [2.75, 3.05) is 6.54 Å². The minimum absolute atomic E-state index is 0.199. The Morgan fingerprint density at radius 3 is 2.60 bits per heavy atom. The highest BCUT2D eigenvalue weighted by Crippen LogP contribution is 2.30. The molecule has 0 bridgehead atoms. The maximum atomic E-state index is 12.7. The molecule has 20 heavy (non-hydrogen) atoms. The monoisotopic (exact) mass is 295 g/mol. The smallest absolute Gasteiger partial charge is 0.217 e. The molecule has 1 saturated carbocycles. The van der Waals surface area contributed by atoms with Crippen LogP contribution < -0.4 is 0 Å². The molecule has 0 saturated heterocycles. The van der Waals surface area contributed by atoms with E-state index in [0.717, 1.165) is 49.7 Å². The van der Waals surface area contributed by atoms with E-state index in [1.807, 2.05) is 6.07 Å². The van der Waals surface area contributed by atoms with Gasteiger partial charge >= 0.3 is 0 Å². The molecule has 110 valence electrons. The van der Waals surface area contributed by atoms with Crippen LogP contribution in [0.15, 0.2) is 18.2 Å². The van der Waals surface area contributed by atoms with Crippen molar-refractivity contribution in [2.45, 2.75) is 50.3 Å². The van der Waals surface area contributed by atoms with Gasteiger partial charge in [-0.2, -0.15) is 4.31 Å². The fourth-order valence-electron chi connectivity index (χ4n) is 3.31. The predicted octanol–water partition coefficient (Wildman–Crippen LogP) is 2.41. The molecule has 0 unspecified atom stereocenters. The van der Waals surface area contributed by atoms with Gasteiger partial charge in [-0.25, -0.2) is 8.42 Å². The minimum atomic E-state index is -3.19. The van der Waals surface area contributed by atoms with E-state index >= 15 is 0 Å². The van der Waals surface area contributed by atoms with Crippen LogP contribution in [0.5, 0.6) is 5.75 Å². The molecule has 2 aliphatic rings. The van der Waals surface area contributed by atoms with Gasteiger partial charge in [-0.3, -0.25) is 0 Å². The van der Waals surface area contributed by atoms with E-state index < -0.39 is 10.0 Å². The first kappa shape index (κ1) is 13.9. The van der Waals surface area contributed by atoms with Gasteiger partial charge < -0.3 is 5.11 Å². The van der Waals surface area contributed by atoms with E-state index in [9.17, 15) is 13.5 Å². The zero-order chi connectivity index (χ0) is 14.2. The molecule has 0 radical (unpaired) electrons. The van der Waals surface area contributed by atoms with Crippen molar-refractivity contribution in [3.63, 3.8) is 0 Å². The Morgan fingerprint density at radius 2 is 1.85 bits per heavy atom. The molecule has 0 aromatic heterocycles. The van der Waals surface area contributed by atoms with Crippen molar-refractivity contribution in [3.05, 3.63) is 29.3 Å². The summed E-state index contributed by atoms with van der Waals surface area (Å²) in [5.41, 5.74) is 2.09. The van der Waals surface area contributed by atoms with Crippen molar-refractivity contribution in [1.82, 2.24) is 4.31 Å². The van der Waals surface area contributed by atoms with Crippen molar-refractivity contribution < 1.29 is 13.5 Å². The third kappa shape index (κ3) is 2.56. The van der Waals surface area contributed by atoms with Crippen molar-refractivity contribution in [1.29, 1.82) is 0 Å². The maximum Gasteiger partial charge on any atom is 0.217 e. The third-order valence-corrected chi connectivity index (χ3v) is 6.85. The standard InChI is InChI=1S/C15H21NO3S/c17-14-7-6-12-8-9-16(11-13(12)10-14)20(18,19)15-4-2-1-3-5-15/h6-7,10,15,17H,1-5,8-9,11H2. The fraction of sp³-hybridized carbons (Fsp3) is 0.600. The second kappa shape index (κ2) is 5.37. The average Bonchev–Trinajstić information content (AvgIpc) is 2.47. The summed E-state index contributed by atoms with van der Waals surface area (Å²) in [4.78, 5) is 0. The second-order valence-electron chi connectivity index (χ2n) is 5.84. The molecule has 1 N–H and O–H groups in total. The topological polar surface area (TPSA) is 57.6 Å². The Kier molecular flexibility index (Phi) is 3.73. The second-order valence-corrected chi connectivity index (χ2v) is 8.05. The lowest BCUT2D eigenvalue weighted by Gasteiger charge is -2.33. The van der Waals surface area contributed by atoms with Crippen LogP contribution in [0.2, 0.25) is 0 Å². The number of fused-ring (bicyclic) bond motifs is 1. The average molecular weight is 295 g/mol. The van der Waals surface area contributed by atoms with Gasteiger partial charge in [-0.05, 0) is 42.5 Å². The SMILES string of the molecule is O=S(=O)(C1CCCCC1)N1CCc2ccc(O)cc2C1. The number of nitrogens with zero attached hydrogens (tertiary/aromatic N) is 1. The van der Waals surface area contributed by atoms with Gasteiger partial charge in [0.1, 0.15) is 5.75 Å². The molecule has 1 aromatic rings. The molecule has 0 spiro atoms. The van der Waals surface area contributed by atoms with Crippen molar-refractivity contribution >= 4 is 10.0 Å². The van der Waals surface area contributed by atoms with Crippen molar-refractivity contribution in [2.24, 2.45) is 0 Å².